The first kappa shape index (κ1) is 18.9. The summed E-state index contributed by atoms with van der Waals surface area (Å²) in [5.41, 5.74) is 6.95. The molecule has 0 spiro atoms. The standard InChI is InChI=1S/C20H20ClN3O3/c1-2-13-7-9-15(10-8-13)24-12-14(11-18(24)25)19(26)22-23-20(27)16-5-3-4-6-17(16)21/h3-10,14H,2,11-12H2,1H3,(H,22,26)(H,23,27)/t14-/m0/s1. The number of benzene rings is 2. The fraction of sp³-hybridized carbons (Fsp3) is 0.250. The average Bonchev–Trinajstić information content (AvgIpc) is 3.08. The van der Waals surface area contributed by atoms with Crippen molar-refractivity contribution in [3.05, 3.63) is 64.7 Å². The predicted octanol–water partition coefficient (Wildman–Crippen LogP) is 2.72. The molecule has 0 aromatic heterocycles. The molecule has 3 amide bonds. The fourth-order valence-corrected chi connectivity index (χ4v) is 3.20. The molecule has 2 aromatic rings. The topological polar surface area (TPSA) is 78.5 Å². The van der Waals surface area contributed by atoms with E-state index in [0.717, 1.165) is 12.1 Å². The SMILES string of the molecule is CCc1ccc(N2C[C@@H](C(=O)NNC(=O)c3ccccc3Cl)CC2=O)cc1. The zero-order chi connectivity index (χ0) is 19.4. The molecule has 6 nitrogen and oxygen atoms in total. The number of rotatable bonds is 4. The molecular weight excluding hydrogens is 366 g/mol. The van der Waals surface area contributed by atoms with Crippen LogP contribution in [0.5, 0.6) is 0 Å². The van der Waals surface area contributed by atoms with Crippen molar-refractivity contribution in [1.82, 2.24) is 10.9 Å². The van der Waals surface area contributed by atoms with E-state index < -0.39 is 17.7 Å². The number of aryl methyl sites for hydroxylation is 1. The van der Waals surface area contributed by atoms with Crippen molar-refractivity contribution in [2.24, 2.45) is 5.92 Å². The molecule has 0 aliphatic carbocycles. The Balaban J connectivity index is 1.58. The van der Waals surface area contributed by atoms with Crippen LogP contribution in [0, 0.1) is 5.92 Å². The molecule has 27 heavy (non-hydrogen) atoms. The molecular formula is C20H20ClN3O3. The maximum absolute atomic E-state index is 12.4. The molecule has 1 atom stereocenters. The zero-order valence-electron chi connectivity index (χ0n) is 14.9. The Kier molecular flexibility index (Phi) is 5.76. The number of carbonyl (C=O) groups excluding carboxylic acids is 3. The zero-order valence-corrected chi connectivity index (χ0v) is 15.6. The largest absolute Gasteiger partial charge is 0.312 e. The van der Waals surface area contributed by atoms with E-state index in [-0.39, 0.29) is 24.4 Å². The van der Waals surface area contributed by atoms with E-state index in [1.807, 2.05) is 24.3 Å². The monoisotopic (exact) mass is 385 g/mol. The van der Waals surface area contributed by atoms with Gasteiger partial charge in [0.05, 0.1) is 16.5 Å². The fourth-order valence-electron chi connectivity index (χ4n) is 2.98. The predicted molar refractivity (Wildman–Crippen MR) is 103 cm³/mol. The molecule has 1 aliphatic rings. The Bertz CT molecular complexity index is 867. The Labute approximate surface area is 162 Å². The first-order chi connectivity index (χ1) is 13.0. The highest BCUT2D eigenvalue weighted by Crippen LogP contribution is 2.25. The molecule has 2 N–H and O–H groups in total. The first-order valence-corrected chi connectivity index (χ1v) is 9.11. The van der Waals surface area contributed by atoms with Crippen LogP contribution in [-0.2, 0) is 16.0 Å². The van der Waals surface area contributed by atoms with E-state index >= 15 is 0 Å². The Hall–Kier alpha value is -2.86. The van der Waals surface area contributed by atoms with Gasteiger partial charge in [0.2, 0.25) is 11.8 Å². The van der Waals surface area contributed by atoms with Gasteiger partial charge in [-0.2, -0.15) is 0 Å². The van der Waals surface area contributed by atoms with Gasteiger partial charge in [0.15, 0.2) is 0 Å². The third kappa shape index (κ3) is 4.28. The lowest BCUT2D eigenvalue weighted by molar-refractivity contribution is -0.126. The minimum absolute atomic E-state index is 0.101. The summed E-state index contributed by atoms with van der Waals surface area (Å²) in [6.07, 6.45) is 1.02. The molecule has 0 saturated carbocycles. The summed E-state index contributed by atoms with van der Waals surface area (Å²) in [5, 5.41) is 0.294. The number of amides is 3. The highest BCUT2D eigenvalue weighted by Gasteiger charge is 2.35. The van der Waals surface area contributed by atoms with Crippen molar-refractivity contribution in [3.63, 3.8) is 0 Å². The maximum Gasteiger partial charge on any atom is 0.271 e. The molecule has 1 heterocycles. The Morgan fingerprint density at radius 2 is 1.81 bits per heavy atom. The number of carbonyl (C=O) groups is 3. The molecule has 1 fully saturated rings. The Morgan fingerprint density at radius 3 is 2.48 bits per heavy atom. The van der Waals surface area contributed by atoms with Gasteiger partial charge >= 0.3 is 0 Å². The van der Waals surface area contributed by atoms with Crippen molar-refractivity contribution in [1.29, 1.82) is 0 Å². The number of anilines is 1. The summed E-state index contributed by atoms with van der Waals surface area (Å²) >= 11 is 5.96. The molecule has 3 rings (SSSR count). The molecule has 1 aliphatic heterocycles. The maximum atomic E-state index is 12.4. The Morgan fingerprint density at radius 1 is 1.11 bits per heavy atom. The first-order valence-electron chi connectivity index (χ1n) is 8.73. The highest BCUT2D eigenvalue weighted by atomic mass is 35.5. The van der Waals surface area contributed by atoms with Crippen molar-refractivity contribution in [2.45, 2.75) is 19.8 Å². The smallest absolute Gasteiger partial charge is 0.271 e. The van der Waals surface area contributed by atoms with E-state index in [4.69, 9.17) is 11.6 Å². The van der Waals surface area contributed by atoms with Crippen molar-refractivity contribution < 1.29 is 14.4 Å². The molecule has 0 unspecified atom stereocenters. The number of hydrogen-bond acceptors (Lipinski definition) is 3. The third-order valence-corrected chi connectivity index (χ3v) is 4.90. The summed E-state index contributed by atoms with van der Waals surface area (Å²) in [6, 6.07) is 14.3. The summed E-state index contributed by atoms with van der Waals surface area (Å²) in [6.45, 7) is 2.34. The second kappa shape index (κ2) is 8.22. The number of nitrogens with one attached hydrogen (secondary N) is 2. The minimum atomic E-state index is -0.533. The van der Waals surface area contributed by atoms with Crippen LogP contribution >= 0.6 is 11.6 Å². The normalized spacial score (nSPS) is 16.3. The van der Waals surface area contributed by atoms with Gasteiger partial charge < -0.3 is 4.90 Å². The molecule has 2 aromatic carbocycles. The van der Waals surface area contributed by atoms with Gasteiger partial charge in [-0.05, 0) is 36.2 Å². The van der Waals surface area contributed by atoms with Crippen molar-refractivity contribution >= 4 is 35.0 Å². The highest BCUT2D eigenvalue weighted by molar-refractivity contribution is 6.33. The van der Waals surface area contributed by atoms with Crippen LogP contribution in [0.15, 0.2) is 48.5 Å². The summed E-state index contributed by atoms with van der Waals surface area (Å²) in [4.78, 5) is 38.3. The van der Waals surface area contributed by atoms with E-state index in [2.05, 4.69) is 17.8 Å². The molecule has 0 bridgehead atoms. The summed E-state index contributed by atoms with van der Waals surface area (Å²) in [5.74, 6) is -1.56. The van der Waals surface area contributed by atoms with E-state index in [9.17, 15) is 14.4 Å². The summed E-state index contributed by atoms with van der Waals surface area (Å²) in [7, 11) is 0. The van der Waals surface area contributed by atoms with Crippen LogP contribution in [0.2, 0.25) is 5.02 Å². The summed E-state index contributed by atoms with van der Waals surface area (Å²) < 4.78 is 0. The second-order valence-electron chi connectivity index (χ2n) is 6.35. The number of halogens is 1. The van der Waals surface area contributed by atoms with Gasteiger partial charge in [0, 0.05) is 18.7 Å². The van der Waals surface area contributed by atoms with Crippen molar-refractivity contribution in [2.75, 3.05) is 11.4 Å². The molecule has 0 radical (unpaired) electrons. The lowest BCUT2D eigenvalue weighted by Crippen LogP contribution is -2.45. The van der Waals surface area contributed by atoms with E-state index in [0.29, 0.717) is 5.02 Å². The number of hydrogen-bond donors (Lipinski definition) is 2. The van der Waals surface area contributed by atoms with Gasteiger partial charge in [0.25, 0.3) is 5.91 Å². The van der Waals surface area contributed by atoms with Crippen LogP contribution in [-0.4, -0.2) is 24.3 Å². The van der Waals surface area contributed by atoms with Gasteiger partial charge in [-0.15, -0.1) is 0 Å². The minimum Gasteiger partial charge on any atom is -0.312 e. The van der Waals surface area contributed by atoms with Gasteiger partial charge in [-0.1, -0.05) is 42.8 Å². The third-order valence-electron chi connectivity index (χ3n) is 4.57. The van der Waals surface area contributed by atoms with Gasteiger partial charge in [-0.3, -0.25) is 25.2 Å². The van der Waals surface area contributed by atoms with Crippen LogP contribution in [0.4, 0.5) is 5.69 Å². The lowest BCUT2D eigenvalue weighted by atomic mass is 10.1. The molecule has 1 saturated heterocycles. The lowest BCUT2D eigenvalue weighted by Gasteiger charge is -2.17. The van der Waals surface area contributed by atoms with Gasteiger partial charge in [0.1, 0.15) is 0 Å². The molecule has 7 heteroatoms. The molecule has 140 valence electrons. The van der Waals surface area contributed by atoms with E-state index in [1.165, 1.54) is 5.56 Å². The van der Waals surface area contributed by atoms with Crippen molar-refractivity contribution in [3.8, 4) is 0 Å². The average molecular weight is 386 g/mol. The quantitative estimate of drug-likeness (QED) is 0.794. The van der Waals surface area contributed by atoms with Crippen LogP contribution in [0.25, 0.3) is 0 Å². The van der Waals surface area contributed by atoms with E-state index in [1.54, 1.807) is 29.2 Å². The second-order valence-corrected chi connectivity index (χ2v) is 6.76. The van der Waals surface area contributed by atoms with Crippen LogP contribution in [0.3, 0.4) is 0 Å². The van der Waals surface area contributed by atoms with Crippen LogP contribution < -0.4 is 15.8 Å². The van der Waals surface area contributed by atoms with Gasteiger partial charge in [-0.25, -0.2) is 0 Å². The number of nitrogens with zero attached hydrogens (tertiary/aromatic N) is 1. The number of hydrazine groups is 1. The van der Waals surface area contributed by atoms with Crippen LogP contribution in [0.1, 0.15) is 29.3 Å².